The Balaban J connectivity index is 1.58. The van der Waals surface area contributed by atoms with Crippen molar-refractivity contribution in [3.8, 4) is 5.75 Å². The van der Waals surface area contributed by atoms with Crippen molar-refractivity contribution >= 4 is 0 Å². The van der Waals surface area contributed by atoms with Crippen molar-refractivity contribution in [1.82, 2.24) is 20.6 Å². The van der Waals surface area contributed by atoms with E-state index in [1.54, 1.807) is 12.4 Å². The summed E-state index contributed by atoms with van der Waals surface area (Å²) >= 11 is 0. The molecule has 3 rings (SSSR count). The first-order valence-electron chi connectivity index (χ1n) is 8.73. The maximum atomic E-state index is 12.7. The zero-order valence-electron chi connectivity index (χ0n) is 14.9. The largest absolute Gasteiger partial charge is 0.872 e. The molecule has 2 aromatic heterocycles. The molecule has 3 aromatic rings. The van der Waals surface area contributed by atoms with E-state index >= 15 is 0 Å². The molecule has 0 spiro atoms. The van der Waals surface area contributed by atoms with Crippen molar-refractivity contribution in [2.75, 3.05) is 0 Å². The van der Waals surface area contributed by atoms with Gasteiger partial charge in [-0.15, -0.1) is 0 Å². The van der Waals surface area contributed by atoms with Crippen LogP contribution < -0.4 is 15.7 Å². The Morgan fingerprint density at radius 3 is 1.69 bits per heavy atom. The van der Waals surface area contributed by atoms with Crippen LogP contribution in [-0.4, -0.2) is 9.97 Å². The topological polar surface area (TPSA) is 72.9 Å². The minimum Gasteiger partial charge on any atom is -0.872 e. The fraction of sp³-hybridized carbons (Fsp3) is 0.238. The molecule has 2 heterocycles. The Bertz CT molecular complexity index is 755. The van der Waals surface area contributed by atoms with Crippen LogP contribution >= 0.6 is 0 Å². The predicted molar refractivity (Wildman–Crippen MR) is 100 cm³/mol. The number of nitrogens with zero attached hydrogens (tertiary/aromatic N) is 2. The van der Waals surface area contributed by atoms with Crippen LogP contribution in [-0.2, 0) is 26.2 Å². The zero-order valence-corrected chi connectivity index (χ0v) is 14.9. The predicted octanol–water partition coefficient (Wildman–Crippen LogP) is 2.44. The van der Waals surface area contributed by atoms with Gasteiger partial charge in [0.25, 0.3) is 0 Å². The summed E-state index contributed by atoms with van der Waals surface area (Å²) < 4.78 is 0. The SMILES string of the molecule is Cc1cc(CNCc2ccccn2)c([O-])c(CNCc2ccccn2)c1. The average Bonchev–Trinajstić information content (AvgIpc) is 2.67. The van der Waals surface area contributed by atoms with E-state index in [4.69, 9.17) is 0 Å². The Morgan fingerprint density at radius 1 is 0.769 bits per heavy atom. The van der Waals surface area contributed by atoms with Gasteiger partial charge in [0.2, 0.25) is 0 Å². The first-order valence-corrected chi connectivity index (χ1v) is 8.73. The third-order valence-electron chi connectivity index (χ3n) is 4.08. The van der Waals surface area contributed by atoms with Crippen molar-refractivity contribution in [1.29, 1.82) is 0 Å². The van der Waals surface area contributed by atoms with Crippen molar-refractivity contribution < 1.29 is 5.11 Å². The van der Waals surface area contributed by atoms with Crippen LogP contribution in [0.5, 0.6) is 5.75 Å². The number of hydrogen-bond donors (Lipinski definition) is 2. The van der Waals surface area contributed by atoms with E-state index in [1.807, 2.05) is 55.5 Å². The van der Waals surface area contributed by atoms with Crippen LogP contribution in [0, 0.1) is 6.92 Å². The minimum atomic E-state index is 0.0950. The van der Waals surface area contributed by atoms with E-state index in [0.717, 1.165) is 28.1 Å². The van der Waals surface area contributed by atoms with E-state index in [0.29, 0.717) is 26.2 Å². The smallest absolute Gasteiger partial charge is 0.0541 e. The van der Waals surface area contributed by atoms with Crippen LogP contribution in [0.25, 0.3) is 0 Å². The van der Waals surface area contributed by atoms with Gasteiger partial charge >= 0.3 is 0 Å². The number of pyridine rings is 2. The van der Waals surface area contributed by atoms with Crippen LogP contribution in [0.15, 0.2) is 60.9 Å². The second kappa shape index (κ2) is 9.08. The molecule has 5 heteroatoms. The van der Waals surface area contributed by atoms with E-state index in [2.05, 4.69) is 20.6 Å². The van der Waals surface area contributed by atoms with Crippen molar-refractivity contribution in [3.63, 3.8) is 0 Å². The van der Waals surface area contributed by atoms with E-state index < -0.39 is 0 Å². The van der Waals surface area contributed by atoms with E-state index in [9.17, 15) is 5.11 Å². The highest BCUT2D eigenvalue weighted by molar-refractivity contribution is 5.42. The average molecular weight is 347 g/mol. The molecular weight excluding hydrogens is 324 g/mol. The highest BCUT2D eigenvalue weighted by Crippen LogP contribution is 2.22. The molecule has 0 fully saturated rings. The van der Waals surface area contributed by atoms with Crippen molar-refractivity contribution in [2.45, 2.75) is 33.1 Å². The number of benzene rings is 1. The number of hydrogen-bond acceptors (Lipinski definition) is 5. The van der Waals surface area contributed by atoms with Gasteiger partial charge in [-0.3, -0.25) is 9.97 Å². The molecule has 26 heavy (non-hydrogen) atoms. The molecule has 0 saturated carbocycles. The number of nitrogens with one attached hydrogen (secondary N) is 2. The second-order valence-electron chi connectivity index (χ2n) is 6.26. The molecule has 0 aliphatic heterocycles. The van der Waals surface area contributed by atoms with E-state index in [1.165, 1.54) is 0 Å². The van der Waals surface area contributed by atoms with Gasteiger partial charge in [-0.05, 0) is 42.3 Å². The fourth-order valence-corrected chi connectivity index (χ4v) is 2.85. The normalized spacial score (nSPS) is 10.8. The molecule has 0 atom stereocenters. The highest BCUT2D eigenvalue weighted by Gasteiger charge is 2.03. The van der Waals surface area contributed by atoms with Gasteiger partial charge in [0.1, 0.15) is 0 Å². The maximum Gasteiger partial charge on any atom is 0.0541 e. The van der Waals surface area contributed by atoms with E-state index in [-0.39, 0.29) is 5.75 Å². The van der Waals surface area contributed by atoms with Gasteiger partial charge in [-0.2, -0.15) is 0 Å². The maximum absolute atomic E-state index is 12.7. The van der Waals surface area contributed by atoms with Gasteiger partial charge in [0.15, 0.2) is 0 Å². The van der Waals surface area contributed by atoms with Gasteiger partial charge in [-0.25, -0.2) is 0 Å². The summed E-state index contributed by atoms with van der Waals surface area (Å²) in [5.41, 5.74) is 4.59. The van der Waals surface area contributed by atoms with Crippen LogP contribution in [0.4, 0.5) is 0 Å². The third kappa shape index (κ3) is 5.12. The van der Waals surface area contributed by atoms with Crippen molar-refractivity contribution in [2.24, 2.45) is 0 Å². The Kier molecular flexibility index (Phi) is 6.30. The zero-order chi connectivity index (χ0) is 18.2. The van der Waals surface area contributed by atoms with Crippen LogP contribution in [0.2, 0.25) is 0 Å². The lowest BCUT2D eigenvalue weighted by Gasteiger charge is -2.21. The lowest BCUT2D eigenvalue weighted by Crippen LogP contribution is -2.18. The summed E-state index contributed by atoms with van der Waals surface area (Å²) in [6, 6.07) is 15.5. The first kappa shape index (κ1) is 18.0. The molecule has 0 radical (unpaired) electrons. The van der Waals surface area contributed by atoms with Gasteiger partial charge < -0.3 is 15.7 Å². The number of rotatable bonds is 8. The molecule has 1 aromatic carbocycles. The summed E-state index contributed by atoms with van der Waals surface area (Å²) in [4.78, 5) is 8.56. The third-order valence-corrected chi connectivity index (χ3v) is 4.08. The summed E-state index contributed by atoms with van der Waals surface area (Å²) in [6.07, 6.45) is 3.54. The lowest BCUT2D eigenvalue weighted by atomic mass is 10.0. The van der Waals surface area contributed by atoms with Gasteiger partial charge in [0, 0.05) is 38.6 Å². The molecule has 0 bridgehead atoms. The molecule has 0 aliphatic carbocycles. The summed E-state index contributed by atoms with van der Waals surface area (Å²) in [7, 11) is 0. The molecule has 5 nitrogen and oxygen atoms in total. The summed E-state index contributed by atoms with van der Waals surface area (Å²) in [5, 5.41) is 19.3. The fourth-order valence-electron chi connectivity index (χ4n) is 2.85. The second-order valence-corrected chi connectivity index (χ2v) is 6.26. The van der Waals surface area contributed by atoms with Crippen LogP contribution in [0.1, 0.15) is 28.1 Å². The minimum absolute atomic E-state index is 0.0950. The first-order chi connectivity index (χ1) is 12.7. The molecule has 0 aliphatic rings. The molecular formula is C21H23N4O-. The molecule has 2 N–H and O–H groups in total. The van der Waals surface area contributed by atoms with Gasteiger partial charge in [-0.1, -0.05) is 35.6 Å². The monoisotopic (exact) mass is 347 g/mol. The molecule has 0 saturated heterocycles. The van der Waals surface area contributed by atoms with Gasteiger partial charge in [0.05, 0.1) is 11.4 Å². The Labute approximate surface area is 154 Å². The highest BCUT2D eigenvalue weighted by atomic mass is 16.3. The molecule has 0 unspecified atom stereocenters. The molecule has 134 valence electrons. The molecule has 0 amide bonds. The Morgan fingerprint density at radius 2 is 1.27 bits per heavy atom. The Hall–Kier alpha value is -2.76. The standard InChI is InChI=1S/C21H24N4O/c1-16-10-17(12-22-14-19-6-2-4-8-24-19)21(26)18(11-16)13-23-15-20-7-3-5-9-25-20/h2-11,22-23,26H,12-15H2,1H3/p-1. The summed E-state index contributed by atoms with van der Waals surface area (Å²) in [6.45, 7) is 4.36. The number of aryl methyl sites for hydroxylation is 1. The quantitative estimate of drug-likeness (QED) is 0.655. The van der Waals surface area contributed by atoms with Crippen molar-refractivity contribution in [3.05, 3.63) is 89.0 Å². The lowest BCUT2D eigenvalue weighted by molar-refractivity contribution is -0.270. The summed E-state index contributed by atoms with van der Waals surface area (Å²) in [5.74, 6) is 0.0950. The number of aromatic nitrogens is 2. The van der Waals surface area contributed by atoms with Crippen LogP contribution in [0.3, 0.4) is 0 Å².